The van der Waals surface area contributed by atoms with Gasteiger partial charge >= 0.3 is 0 Å². The van der Waals surface area contributed by atoms with Crippen molar-refractivity contribution in [3.8, 4) is 0 Å². The van der Waals surface area contributed by atoms with E-state index in [1.165, 1.54) is 18.4 Å². The Hall–Kier alpha value is -0.960. The van der Waals surface area contributed by atoms with Crippen LogP contribution in [0.2, 0.25) is 0 Å². The standard InChI is InChI=1S/C20H29NO2.C3H8/c1-19-8-6-12(22)10-16(19)17(21-3)11-13-14-4-5-18(23)20(14,2)9-7-15(13)19;1-3-2/h10,13-15,18,23H,4-9,11H2,1-3H3;3H2,1-2H3/t13?,14?,15?,18-,19+,20-;/m0./s1. The minimum absolute atomic E-state index is 0.0993. The zero-order chi connectivity index (χ0) is 19.1. The quantitative estimate of drug-likeness (QED) is 0.663. The molecule has 1 N–H and O–H groups in total. The van der Waals surface area contributed by atoms with E-state index in [1.807, 2.05) is 13.1 Å². The minimum atomic E-state index is -0.131. The van der Waals surface area contributed by atoms with Gasteiger partial charge in [0.15, 0.2) is 5.78 Å². The first kappa shape index (κ1) is 19.8. The van der Waals surface area contributed by atoms with Gasteiger partial charge in [-0.1, -0.05) is 34.1 Å². The van der Waals surface area contributed by atoms with E-state index < -0.39 is 0 Å². The number of hydrogen-bond donors (Lipinski definition) is 1. The second-order valence-corrected chi connectivity index (χ2v) is 9.54. The van der Waals surface area contributed by atoms with E-state index in [0.717, 1.165) is 37.8 Å². The molecular weight excluding hydrogens is 322 g/mol. The third-order valence-electron chi connectivity index (χ3n) is 8.03. The summed E-state index contributed by atoms with van der Waals surface area (Å²) in [4.78, 5) is 16.6. The SMILES string of the molecule is CCC.CN=C1CC2C(CC[C@@]3(C)C2CC[C@@H]3O)[C@@]2(C)CCC(=O)C=C12. The number of aliphatic imine (C=N–C) groups is 1. The Labute approximate surface area is 159 Å². The lowest BCUT2D eigenvalue weighted by Crippen LogP contribution is -2.53. The predicted molar refractivity (Wildman–Crippen MR) is 107 cm³/mol. The highest BCUT2D eigenvalue weighted by Gasteiger charge is 2.59. The van der Waals surface area contributed by atoms with Crippen molar-refractivity contribution in [2.75, 3.05) is 7.05 Å². The molecule has 0 aromatic carbocycles. The molecule has 0 heterocycles. The molecule has 0 spiro atoms. The van der Waals surface area contributed by atoms with Gasteiger partial charge in [0.05, 0.1) is 6.10 Å². The van der Waals surface area contributed by atoms with Crippen molar-refractivity contribution in [1.82, 2.24) is 0 Å². The topological polar surface area (TPSA) is 49.7 Å². The van der Waals surface area contributed by atoms with Crippen LogP contribution in [0, 0.1) is 28.6 Å². The molecule has 0 aromatic rings. The highest BCUT2D eigenvalue weighted by Crippen LogP contribution is 2.64. The molecule has 0 aliphatic heterocycles. The molecule has 0 aromatic heterocycles. The molecule has 0 bridgehead atoms. The summed E-state index contributed by atoms with van der Waals surface area (Å²) in [5.74, 6) is 2.16. The van der Waals surface area contributed by atoms with Crippen LogP contribution in [0.25, 0.3) is 0 Å². The van der Waals surface area contributed by atoms with Crippen LogP contribution >= 0.6 is 0 Å². The van der Waals surface area contributed by atoms with Crippen LogP contribution in [0.1, 0.15) is 79.1 Å². The molecule has 4 rings (SSSR count). The molecule has 3 nitrogen and oxygen atoms in total. The summed E-state index contributed by atoms with van der Waals surface area (Å²) >= 11 is 0. The van der Waals surface area contributed by atoms with Crippen molar-refractivity contribution < 1.29 is 9.90 Å². The van der Waals surface area contributed by atoms with E-state index in [0.29, 0.717) is 24.2 Å². The summed E-state index contributed by atoms with van der Waals surface area (Å²) in [6, 6.07) is 0. The molecule has 6 atom stereocenters. The molecule has 0 amide bonds. The third-order valence-corrected chi connectivity index (χ3v) is 8.03. The zero-order valence-corrected chi connectivity index (χ0v) is 17.3. The predicted octanol–water partition coefficient (Wildman–Crippen LogP) is 4.98. The highest BCUT2D eigenvalue weighted by molar-refractivity contribution is 6.08. The lowest BCUT2D eigenvalue weighted by Gasteiger charge is -2.57. The van der Waals surface area contributed by atoms with Crippen LogP contribution < -0.4 is 0 Å². The Morgan fingerprint density at radius 3 is 2.50 bits per heavy atom. The molecule has 4 aliphatic rings. The highest BCUT2D eigenvalue weighted by atomic mass is 16.3. The Bertz CT molecular complexity index is 622. The molecule has 3 unspecified atom stereocenters. The fraction of sp³-hybridized carbons (Fsp3) is 0.826. The second-order valence-electron chi connectivity index (χ2n) is 9.54. The van der Waals surface area contributed by atoms with Crippen molar-refractivity contribution >= 4 is 11.5 Å². The number of fused-ring (bicyclic) bond motifs is 5. The summed E-state index contributed by atoms with van der Waals surface area (Å²) in [6.07, 6.45) is 10.1. The van der Waals surface area contributed by atoms with Crippen molar-refractivity contribution in [3.63, 3.8) is 0 Å². The van der Waals surface area contributed by atoms with Crippen molar-refractivity contribution in [2.45, 2.75) is 85.2 Å². The van der Waals surface area contributed by atoms with Crippen LogP contribution in [0.15, 0.2) is 16.6 Å². The molecule has 0 radical (unpaired) electrons. The summed E-state index contributed by atoms with van der Waals surface area (Å²) in [6.45, 7) is 8.94. The van der Waals surface area contributed by atoms with E-state index in [-0.39, 0.29) is 22.7 Å². The van der Waals surface area contributed by atoms with Crippen molar-refractivity contribution in [1.29, 1.82) is 0 Å². The monoisotopic (exact) mass is 359 g/mol. The number of allylic oxidation sites excluding steroid dienone is 1. The number of nitrogens with zero attached hydrogens (tertiary/aromatic N) is 1. The third kappa shape index (κ3) is 2.91. The lowest BCUT2D eigenvalue weighted by atomic mass is 9.47. The van der Waals surface area contributed by atoms with Gasteiger partial charge in [-0.15, -0.1) is 0 Å². The lowest BCUT2D eigenvalue weighted by molar-refractivity contribution is -0.117. The van der Waals surface area contributed by atoms with Gasteiger partial charge in [-0.05, 0) is 78.8 Å². The molecule has 0 saturated heterocycles. The van der Waals surface area contributed by atoms with E-state index in [2.05, 4.69) is 32.7 Å². The molecule has 3 fully saturated rings. The summed E-state index contributed by atoms with van der Waals surface area (Å²) in [7, 11) is 1.88. The van der Waals surface area contributed by atoms with Crippen LogP contribution in [0.5, 0.6) is 0 Å². The number of carbonyl (C=O) groups is 1. The van der Waals surface area contributed by atoms with Gasteiger partial charge in [0.2, 0.25) is 0 Å². The Morgan fingerprint density at radius 1 is 1.15 bits per heavy atom. The number of carbonyl (C=O) groups excluding carboxylic acids is 1. The zero-order valence-electron chi connectivity index (χ0n) is 17.3. The maximum atomic E-state index is 12.0. The van der Waals surface area contributed by atoms with E-state index in [1.54, 1.807) is 0 Å². The van der Waals surface area contributed by atoms with Crippen LogP contribution in [-0.4, -0.2) is 29.8 Å². The first-order valence-corrected chi connectivity index (χ1v) is 10.7. The minimum Gasteiger partial charge on any atom is -0.393 e. The molecule has 3 heteroatoms. The molecule has 26 heavy (non-hydrogen) atoms. The van der Waals surface area contributed by atoms with Gasteiger partial charge < -0.3 is 5.11 Å². The van der Waals surface area contributed by atoms with Gasteiger partial charge in [0, 0.05) is 19.2 Å². The average Bonchev–Trinajstić information content (AvgIpc) is 2.91. The largest absolute Gasteiger partial charge is 0.393 e. The molecule has 4 aliphatic carbocycles. The number of ketones is 1. The van der Waals surface area contributed by atoms with Crippen molar-refractivity contribution in [2.24, 2.45) is 33.6 Å². The van der Waals surface area contributed by atoms with Gasteiger partial charge in [-0.25, -0.2) is 0 Å². The van der Waals surface area contributed by atoms with E-state index >= 15 is 0 Å². The average molecular weight is 360 g/mol. The number of aliphatic hydroxyl groups excluding tert-OH is 1. The fourth-order valence-corrected chi connectivity index (χ4v) is 6.59. The molecule has 3 saturated carbocycles. The molecular formula is C23H37NO2. The van der Waals surface area contributed by atoms with Gasteiger partial charge in [-0.3, -0.25) is 9.79 Å². The normalized spacial score (nSPS) is 45.8. The van der Waals surface area contributed by atoms with E-state index in [9.17, 15) is 9.90 Å². The second kappa shape index (κ2) is 7.22. The first-order valence-electron chi connectivity index (χ1n) is 10.7. The molecule has 146 valence electrons. The summed E-state index contributed by atoms with van der Waals surface area (Å²) in [5, 5.41) is 10.5. The Morgan fingerprint density at radius 2 is 1.85 bits per heavy atom. The summed E-state index contributed by atoms with van der Waals surface area (Å²) in [5.41, 5.74) is 2.61. The number of rotatable bonds is 0. The van der Waals surface area contributed by atoms with E-state index in [4.69, 9.17) is 0 Å². The van der Waals surface area contributed by atoms with Crippen molar-refractivity contribution in [3.05, 3.63) is 11.6 Å². The van der Waals surface area contributed by atoms with Crippen LogP contribution in [-0.2, 0) is 4.79 Å². The van der Waals surface area contributed by atoms with Gasteiger partial charge in [0.1, 0.15) is 0 Å². The first-order chi connectivity index (χ1) is 12.3. The maximum absolute atomic E-state index is 12.0. The number of aliphatic hydroxyl groups is 1. The van der Waals surface area contributed by atoms with Gasteiger partial charge in [0.25, 0.3) is 0 Å². The fourth-order valence-electron chi connectivity index (χ4n) is 6.59. The van der Waals surface area contributed by atoms with Crippen LogP contribution in [0.4, 0.5) is 0 Å². The smallest absolute Gasteiger partial charge is 0.156 e. The van der Waals surface area contributed by atoms with Gasteiger partial charge in [-0.2, -0.15) is 0 Å². The Balaban J connectivity index is 0.000000613. The summed E-state index contributed by atoms with van der Waals surface area (Å²) < 4.78 is 0. The Kier molecular flexibility index (Phi) is 5.50. The number of hydrogen-bond acceptors (Lipinski definition) is 3. The van der Waals surface area contributed by atoms with Crippen LogP contribution in [0.3, 0.4) is 0 Å². The maximum Gasteiger partial charge on any atom is 0.156 e.